The molecule has 0 amide bonds. The molecule has 3 aromatic rings. The zero-order chi connectivity index (χ0) is 22.9. The van der Waals surface area contributed by atoms with Crippen molar-refractivity contribution in [2.45, 2.75) is 6.61 Å². The molecular formula is C23H21N3O6. The highest BCUT2D eigenvalue weighted by atomic mass is 16.6. The molecule has 9 nitrogen and oxygen atoms in total. The first-order valence-corrected chi connectivity index (χ1v) is 9.54. The molecule has 1 heterocycles. The lowest BCUT2D eigenvalue weighted by Gasteiger charge is -2.11. The van der Waals surface area contributed by atoms with E-state index < -0.39 is 10.6 Å². The third kappa shape index (κ3) is 5.39. The molecule has 0 saturated heterocycles. The van der Waals surface area contributed by atoms with Gasteiger partial charge in [0, 0.05) is 12.3 Å². The average molecular weight is 435 g/mol. The van der Waals surface area contributed by atoms with E-state index in [1.807, 2.05) is 42.5 Å². The van der Waals surface area contributed by atoms with Gasteiger partial charge >= 0.3 is 5.69 Å². The Morgan fingerprint density at radius 1 is 0.938 bits per heavy atom. The number of hydrogen-bond acceptors (Lipinski definition) is 7. The van der Waals surface area contributed by atoms with Crippen molar-refractivity contribution in [2.24, 2.45) is 0 Å². The van der Waals surface area contributed by atoms with Crippen LogP contribution in [0, 0.1) is 10.1 Å². The molecule has 1 aromatic heterocycles. The van der Waals surface area contributed by atoms with Gasteiger partial charge in [-0.25, -0.2) is 4.79 Å². The second-order valence-electron chi connectivity index (χ2n) is 6.41. The summed E-state index contributed by atoms with van der Waals surface area (Å²) < 4.78 is 17.2. The molecule has 0 aliphatic heterocycles. The van der Waals surface area contributed by atoms with E-state index in [2.05, 4.69) is 4.98 Å². The van der Waals surface area contributed by atoms with Crippen molar-refractivity contribution in [1.82, 2.24) is 9.55 Å². The maximum Gasteiger partial charge on any atom is 0.355 e. The topological polar surface area (TPSA) is 106 Å². The minimum atomic E-state index is -0.551. The lowest BCUT2D eigenvalue weighted by atomic mass is 10.1. The minimum Gasteiger partial charge on any atom is -0.493 e. The summed E-state index contributed by atoms with van der Waals surface area (Å²) in [6, 6.07) is 20.7. The van der Waals surface area contributed by atoms with Crippen molar-refractivity contribution < 1.29 is 19.1 Å². The number of ether oxygens (including phenoxy) is 3. The van der Waals surface area contributed by atoms with E-state index in [1.165, 1.54) is 43.2 Å². The molecule has 0 bridgehead atoms. The first kappa shape index (κ1) is 22.3. The van der Waals surface area contributed by atoms with Crippen LogP contribution >= 0.6 is 0 Å². The summed E-state index contributed by atoms with van der Waals surface area (Å²) in [4.78, 5) is 27.4. The smallest absolute Gasteiger partial charge is 0.355 e. The number of hydrogen-bond donors (Lipinski definition) is 0. The van der Waals surface area contributed by atoms with Crippen molar-refractivity contribution >= 4 is 5.69 Å². The van der Waals surface area contributed by atoms with Gasteiger partial charge in [-0.15, -0.1) is 0 Å². The van der Waals surface area contributed by atoms with Gasteiger partial charge in [-0.05, 0) is 18.2 Å². The van der Waals surface area contributed by atoms with E-state index in [1.54, 1.807) is 12.1 Å². The predicted octanol–water partition coefficient (Wildman–Crippen LogP) is 3.86. The zero-order valence-corrected chi connectivity index (χ0v) is 17.5. The number of nitrogens with zero attached hydrogens (tertiary/aromatic N) is 3. The van der Waals surface area contributed by atoms with Gasteiger partial charge in [0.15, 0.2) is 11.5 Å². The van der Waals surface area contributed by atoms with Crippen LogP contribution in [0.2, 0.25) is 0 Å². The SMILES string of the molecule is COc1cc(COc2ccn(-c3ccccccccc3)c(=O)n2)c([N+](=O)[O-])cc1OC. The molecule has 2 aromatic carbocycles. The Morgan fingerprint density at radius 2 is 1.53 bits per heavy atom. The number of nitro benzene ring substituents is 1. The largest absolute Gasteiger partial charge is 0.493 e. The van der Waals surface area contributed by atoms with Gasteiger partial charge in [-0.1, -0.05) is 42.5 Å². The van der Waals surface area contributed by atoms with Gasteiger partial charge in [-0.2, -0.15) is 4.98 Å². The van der Waals surface area contributed by atoms with Gasteiger partial charge in [-0.3, -0.25) is 14.7 Å². The predicted molar refractivity (Wildman–Crippen MR) is 118 cm³/mol. The minimum absolute atomic E-state index is 0.0400. The Hall–Kier alpha value is -4.40. The van der Waals surface area contributed by atoms with Crippen LogP contribution in [0.15, 0.2) is 83.8 Å². The second-order valence-corrected chi connectivity index (χ2v) is 6.41. The lowest BCUT2D eigenvalue weighted by Crippen LogP contribution is -2.21. The van der Waals surface area contributed by atoms with E-state index in [0.29, 0.717) is 11.4 Å². The molecular weight excluding hydrogens is 414 g/mol. The third-order valence-corrected chi connectivity index (χ3v) is 4.41. The van der Waals surface area contributed by atoms with Crippen LogP contribution in [-0.2, 0) is 6.61 Å². The number of rotatable bonds is 7. The highest BCUT2D eigenvalue weighted by molar-refractivity contribution is 5.54. The van der Waals surface area contributed by atoms with Crippen molar-refractivity contribution in [3.63, 3.8) is 0 Å². The van der Waals surface area contributed by atoms with E-state index in [4.69, 9.17) is 14.2 Å². The molecule has 0 fully saturated rings. The van der Waals surface area contributed by atoms with Crippen molar-refractivity contribution in [3.05, 3.63) is 105 Å². The van der Waals surface area contributed by atoms with Gasteiger partial charge in [0.2, 0.25) is 5.88 Å². The van der Waals surface area contributed by atoms with Crippen LogP contribution in [0.1, 0.15) is 5.56 Å². The monoisotopic (exact) mass is 435 g/mol. The normalized spacial score (nSPS) is 10.1. The fourth-order valence-electron chi connectivity index (χ4n) is 2.86. The summed E-state index contributed by atoms with van der Waals surface area (Å²) in [6.45, 7) is -0.185. The Morgan fingerprint density at radius 3 is 2.09 bits per heavy atom. The van der Waals surface area contributed by atoms with Crippen molar-refractivity contribution in [3.8, 4) is 23.1 Å². The van der Waals surface area contributed by atoms with E-state index in [9.17, 15) is 14.9 Å². The molecule has 0 spiro atoms. The molecule has 3 rings (SSSR count). The summed E-state index contributed by atoms with van der Waals surface area (Å²) in [5, 5.41) is 11.4. The van der Waals surface area contributed by atoms with Crippen LogP contribution in [0.25, 0.3) is 5.69 Å². The summed E-state index contributed by atoms with van der Waals surface area (Å²) in [6.07, 6.45) is 1.53. The van der Waals surface area contributed by atoms with Crippen molar-refractivity contribution in [1.29, 1.82) is 0 Å². The molecule has 0 aliphatic rings. The van der Waals surface area contributed by atoms with E-state index in [0.717, 1.165) is 0 Å². The summed E-state index contributed by atoms with van der Waals surface area (Å²) in [5.41, 5.74) is 0.120. The van der Waals surface area contributed by atoms with Gasteiger partial charge in [0.25, 0.3) is 5.69 Å². The number of benzene rings is 1. The maximum absolute atomic E-state index is 12.6. The molecule has 32 heavy (non-hydrogen) atoms. The van der Waals surface area contributed by atoms with Crippen molar-refractivity contribution in [2.75, 3.05) is 14.2 Å². The van der Waals surface area contributed by atoms with Crippen LogP contribution < -0.4 is 19.9 Å². The van der Waals surface area contributed by atoms with E-state index in [-0.39, 0.29) is 29.5 Å². The molecule has 9 heteroatoms. The van der Waals surface area contributed by atoms with Crippen LogP contribution in [0.3, 0.4) is 0 Å². The highest BCUT2D eigenvalue weighted by Crippen LogP contribution is 2.34. The number of nitro groups is 1. The summed E-state index contributed by atoms with van der Waals surface area (Å²) in [7, 11) is 2.82. The third-order valence-electron chi connectivity index (χ3n) is 4.41. The zero-order valence-electron chi connectivity index (χ0n) is 17.5. The van der Waals surface area contributed by atoms with Crippen LogP contribution in [0.5, 0.6) is 17.4 Å². The summed E-state index contributed by atoms with van der Waals surface area (Å²) >= 11 is 0. The van der Waals surface area contributed by atoms with Crippen LogP contribution in [0.4, 0.5) is 5.69 Å². The molecule has 0 radical (unpaired) electrons. The first-order chi connectivity index (χ1) is 15.5. The van der Waals surface area contributed by atoms with Gasteiger partial charge < -0.3 is 14.2 Å². The average Bonchev–Trinajstić information content (AvgIpc) is 2.80. The number of methoxy groups -OCH3 is 2. The Bertz CT molecular complexity index is 1200. The fraction of sp³-hybridized carbons (Fsp3) is 0.130. The van der Waals surface area contributed by atoms with Gasteiger partial charge in [0.05, 0.1) is 36.5 Å². The van der Waals surface area contributed by atoms with E-state index >= 15 is 0 Å². The molecule has 164 valence electrons. The molecule has 0 saturated carbocycles. The van der Waals surface area contributed by atoms with Gasteiger partial charge in [0.1, 0.15) is 6.61 Å². The first-order valence-electron chi connectivity index (χ1n) is 9.54. The maximum atomic E-state index is 12.6. The Labute approximate surface area is 183 Å². The quantitative estimate of drug-likeness (QED) is 0.410. The fourth-order valence-corrected chi connectivity index (χ4v) is 2.86. The summed E-state index contributed by atoms with van der Waals surface area (Å²) in [5.74, 6) is 0.597. The molecule has 0 N–H and O–H groups in total. The lowest BCUT2D eigenvalue weighted by molar-refractivity contribution is -0.385. The highest BCUT2D eigenvalue weighted by Gasteiger charge is 2.20. The second kappa shape index (κ2) is 10.6. The Kier molecular flexibility index (Phi) is 7.37. The van der Waals surface area contributed by atoms with Crippen LogP contribution in [-0.4, -0.2) is 28.7 Å². The number of aromatic nitrogens is 2. The Balaban J connectivity index is 1.88. The molecule has 0 atom stereocenters. The molecule has 0 unspecified atom stereocenters. The standard InChI is InChI=1S/C23H21N3O6/c1-30-20-14-17(19(26(28)29)15-21(20)31-2)16-32-22-12-13-25(23(27)24-22)18-10-8-6-4-3-5-7-9-11-18/h3-15H,16H2,1-2H3. The molecule has 0 aliphatic carbocycles.